The third-order valence-electron chi connectivity index (χ3n) is 1.75. The lowest BCUT2D eigenvalue weighted by Gasteiger charge is -2.18. The van der Waals surface area contributed by atoms with Crippen molar-refractivity contribution in [3.63, 3.8) is 0 Å². The van der Waals surface area contributed by atoms with E-state index >= 15 is 0 Å². The normalized spacial score (nSPS) is 16.2. The van der Waals surface area contributed by atoms with Crippen LogP contribution in [0.15, 0.2) is 30.3 Å². The number of nitrogens with two attached hydrogens (primary N) is 1. The van der Waals surface area contributed by atoms with E-state index in [0.29, 0.717) is 5.56 Å². The Balaban J connectivity index is 2.90. The first-order valence-corrected chi connectivity index (χ1v) is 5.29. The molecular weight excluding hydrogens is 206 g/mol. The number of benzene rings is 1. The second kappa shape index (κ2) is 3.66. The second-order valence-electron chi connectivity index (χ2n) is 2.98. The van der Waals surface area contributed by atoms with E-state index in [1.807, 2.05) is 0 Å². The number of rotatable bonds is 3. The Labute approximate surface area is 81.9 Å². The van der Waals surface area contributed by atoms with Crippen LogP contribution in [0.25, 0.3) is 0 Å². The topological polar surface area (TPSA) is 101 Å². The van der Waals surface area contributed by atoms with Crippen LogP contribution >= 0.6 is 0 Å². The van der Waals surface area contributed by atoms with Gasteiger partial charge in [0, 0.05) is 6.42 Å². The van der Waals surface area contributed by atoms with Crippen molar-refractivity contribution in [3.05, 3.63) is 35.9 Å². The molecule has 78 valence electrons. The molecule has 1 atom stereocenters. The van der Waals surface area contributed by atoms with Gasteiger partial charge in [-0.15, -0.1) is 0 Å². The van der Waals surface area contributed by atoms with Crippen molar-refractivity contribution in [3.8, 4) is 0 Å². The summed E-state index contributed by atoms with van der Waals surface area (Å²) in [6.45, 7) is 0. The van der Waals surface area contributed by atoms with E-state index in [4.69, 9.17) is 10.3 Å². The molecule has 14 heavy (non-hydrogen) atoms. The molecule has 0 radical (unpaired) electrons. The summed E-state index contributed by atoms with van der Waals surface area (Å²) < 4.78 is 29.9. The lowest BCUT2D eigenvalue weighted by atomic mass is 10.1. The van der Waals surface area contributed by atoms with Gasteiger partial charge in [0.2, 0.25) is 5.06 Å². The molecule has 0 unspecified atom stereocenters. The van der Waals surface area contributed by atoms with Gasteiger partial charge in [-0.3, -0.25) is 10.3 Å². The van der Waals surface area contributed by atoms with Crippen molar-refractivity contribution in [1.29, 1.82) is 0 Å². The third-order valence-corrected chi connectivity index (χ3v) is 2.78. The Kier molecular flexibility index (Phi) is 2.91. The van der Waals surface area contributed by atoms with E-state index < -0.39 is 15.2 Å². The van der Waals surface area contributed by atoms with Crippen molar-refractivity contribution in [2.24, 2.45) is 5.73 Å². The van der Waals surface area contributed by atoms with Crippen molar-refractivity contribution in [1.82, 2.24) is 0 Å². The van der Waals surface area contributed by atoms with Gasteiger partial charge in [0.25, 0.3) is 0 Å². The zero-order valence-corrected chi connectivity index (χ0v) is 8.11. The van der Waals surface area contributed by atoms with Crippen LogP contribution in [0.1, 0.15) is 5.56 Å². The largest absolute Gasteiger partial charge is 0.361 e. The number of aliphatic hydroxyl groups is 1. The Morgan fingerprint density at radius 2 is 1.79 bits per heavy atom. The van der Waals surface area contributed by atoms with Gasteiger partial charge in [0.05, 0.1) is 0 Å². The second-order valence-corrected chi connectivity index (χ2v) is 4.64. The first-order chi connectivity index (χ1) is 6.33. The molecule has 5 nitrogen and oxygen atoms in total. The maximum Gasteiger partial charge on any atom is 0.309 e. The molecule has 0 saturated heterocycles. The summed E-state index contributed by atoms with van der Waals surface area (Å²) in [5.41, 5.74) is 5.57. The van der Waals surface area contributed by atoms with Crippen LogP contribution in [-0.2, 0) is 16.5 Å². The van der Waals surface area contributed by atoms with E-state index in [0.717, 1.165) is 0 Å². The molecule has 0 amide bonds. The minimum Gasteiger partial charge on any atom is -0.361 e. The molecule has 0 heterocycles. The van der Waals surface area contributed by atoms with Crippen molar-refractivity contribution in [2.45, 2.75) is 11.5 Å². The van der Waals surface area contributed by atoms with Crippen molar-refractivity contribution in [2.75, 3.05) is 0 Å². The quantitative estimate of drug-likeness (QED) is 0.477. The summed E-state index contributed by atoms with van der Waals surface area (Å²) >= 11 is 0. The highest BCUT2D eigenvalue weighted by atomic mass is 32.2. The van der Waals surface area contributed by atoms with Crippen LogP contribution in [0.5, 0.6) is 0 Å². The summed E-state index contributed by atoms with van der Waals surface area (Å²) in [7, 11) is -4.67. The van der Waals surface area contributed by atoms with Gasteiger partial charge in [-0.25, -0.2) is 0 Å². The molecule has 0 aromatic heterocycles. The van der Waals surface area contributed by atoms with Gasteiger partial charge in [-0.2, -0.15) is 8.42 Å². The lowest BCUT2D eigenvalue weighted by Crippen LogP contribution is -2.49. The number of hydrogen-bond donors (Lipinski definition) is 3. The Morgan fingerprint density at radius 3 is 2.21 bits per heavy atom. The highest BCUT2D eigenvalue weighted by Crippen LogP contribution is 2.13. The summed E-state index contributed by atoms with van der Waals surface area (Å²) in [4.78, 5) is 0. The Hall–Kier alpha value is -0.950. The summed E-state index contributed by atoms with van der Waals surface area (Å²) in [6, 6.07) is 8.29. The molecule has 0 fully saturated rings. The fourth-order valence-electron chi connectivity index (χ4n) is 0.980. The van der Waals surface area contributed by atoms with Crippen LogP contribution in [0.2, 0.25) is 0 Å². The minimum atomic E-state index is -4.67. The summed E-state index contributed by atoms with van der Waals surface area (Å²) in [5, 5.41) is 6.61. The Morgan fingerprint density at radius 1 is 1.29 bits per heavy atom. The predicted octanol–water partition coefficient (Wildman–Crippen LogP) is -0.278. The van der Waals surface area contributed by atoms with E-state index in [1.165, 1.54) is 0 Å². The first-order valence-electron chi connectivity index (χ1n) is 3.85. The van der Waals surface area contributed by atoms with Gasteiger partial charge in [-0.05, 0) is 5.56 Å². The number of hydrogen-bond acceptors (Lipinski definition) is 4. The van der Waals surface area contributed by atoms with Crippen LogP contribution in [0, 0.1) is 0 Å². The lowest BCUT2D eigenvalue weighted by molar-refractivity contribution is 0.120. The zero-order valence-electron chi connectivity index (χ0n) is 7.29. The predicted molar refractivity (Wildman–Crippen MR) is 50.8 cm³/mol. The van der Waals surface area contributed by atoms with E-state index in [2.05, 4.69) is 0 Å². The fraction of sp³-hybridized carbons (Fsp3) is 0.250. The maximum absolute atomic E-state index is 10.6. The highest BCUT2D eigenvalue weighted by molar-refractivity contribution is 7.87. The van der Waals surface area contributed by atoms with Crippen molar-refractivity contribution >= 4 is 10.1 Å². The molecule has 6 heteroatoms. The van der Waals surface area contributed by atoms with Crippen LogP contribution in [0.4, 0.5) is 0 Å². The molecule has 4 N–H and O–H groups in total. The Bertz CT molecular complexity index is 399. The molecule has 0 saturated carbocycles. The first kappa shape index (κ1) is 11.1. The average Bonchev–Trinajstić information content (AvgIpc) is 2.03. The zero-order chi connectivity index (χ0) is 10.8. The van der Waals surface area contributed by atoms with Gasteiger partial charge in [0.1, 0.15) is 0 Å². The monoisotopic (exact) mass is 217 g/mol. The molecule has 0 bridgehead atoms. The molecule has 0 aliphatic rings. The highest BCUT2D eigenvalue weighted by Gasteiger charge is 2.36. The van der Waals surface area contributed by atoms with Crippen LogP contribution in [0.3, 0.4) is 0 Å². The molecule has 1 rings (SSSR count). The van der Waals surface area contributed by atoms with Crippen LogP contribution in [-0.4, -0.2) is 23.1 Å². The molecular formula is C8H11NO4S. The standard InChI is InChI=1S/C8H11NO4S/c9-8(10,14(11,12)13)6-7-4-2-1-3-5-7/h1-5,10H,6,9H2,(H,11,12,13)/t8-/m0/s1. The summed E-state index contributed by atoms with van der Waals surface area (Å²) in [5.74, 6) is 0. The fourth-order valence-corrected chi connectivity index (χ4v) is 1.33. The van der Waals surface area contributed by atoms with Crippen molar-refractivity contribution < 1.29 is 18.1 Å². The SMILES string of the molecule is N[C@](O)(Cc1ccccc1)S(=O)(=O)O. The van der Waals surface area contributed by atoms with Gasteiger partial charge in [-0.1, -0.05) is 30.3 Å². The van der Waals surface area contributed by atoms with Gasteiger partial charge in [0.15, 0.2) is 0 Å². The molecule has 1 aromatic carbocycles. The maximum atomic E-state index is 10.6. The molecule has 0 aliphatic carbocycles. The minimum absolute atomic E-state index is 0.354. The molecule has 0 aliphatic heterocycles. The van der Waals surface area contributed by atoms with E-state index in [9.17, 15) is 13.5 Å². The summed E-state index contributed by atoms with van der Waals surface area (Å²) in [6.07, 6.45) is -0.354. The van der Waals surface area contributed by atoms with Gasteiger partial charge >= 0.3 is 10.1 Å². The van der Waals surface area contributed by atoms with Crippen LogP contribution < -0.4 is 5.73 Å². The smallest absolute Gasteiger partial charge is 0.309 e. The third kappa shape index (κ3) is 2.52. The van der Waals surface area contributed by atoms with E-state index in [1.54, 1.807) is 30.3 Å². The van der Waals surface area contributed by atoms with E-state index in [-0.39, 0.29) is 6.42 Å². The average molecular weight is 217 g/mol. The molecule has 1 aromatic rings. The van der Waals surface area contributed by atoms with Gasteiger partial charge < -0.3 is 5.11 Å². The molecule has 0 spiro atoms.